The summed E-state index contributed by atoms with van der Waals surface area (Å²) in [4.78, 5) is 3.74. The molecule has 0 spiro atoms. The van der Waals surface area contributed by atoms with Crippen LogP contribution in [0.25, 0.3) is 10.9 Å². The number of pyridine rings is 1. The molecule has 1 heterocycles. The Labute approximate surface area is 163 Å². The predicted octanol–water partition coefficient (Wildman–Crippen LogP) is 4.28. The van der Waals surface area contributed by atoms with Gasteiger partial charge in [-0.25, -0.2) is 17.5 Å². The molecule has 0 radical (unpaired) electrons. The van der Waals surface area contributed by atoms with Crippen LogP contribution in [-0.4, -0.2) is 20.5 Å². The second kappa shape index (κ2) is 7.48. The van der Waals surface area contributed by atoms with Crippen LogP contribution in [-0.2, 0) is 16.6 Å². The fraction of sp³-hybridized carbons (Fsp3) is 0.118. The smallest absolute Gasteiger partial charge is 0.243 e. The summed E-state index contributed by atoms with van der Waals surface area (Å²) in [5.74, 6) is 0.0131. The Bertz CT molecular complexity index is 1080. The summed E-state index contributed by atoms with van der Waals surface area (Å²) in [5, 5.41) is -0.246. The molecule has 0 aliphatic rings. The molecule has 136 valence electrons. The van der Waals surface area contributed by atoms with E-state index in [4.69, 9.17) is 16.3 Å². The second-order valence-electron chi connectivity index (χ2n) is 5.39. The lowest BCUT2D eigenvalue weighted by Gasteiger charge is -2.11. The molecule has 5 nitrogen and oxygen atoms in total. The predicted molar refractivity (Wildman–Crippen MR) is 101 cm³/mol. The third-order valence-electron chi connectivity index (χ3n) is 3.71. The molecule has 3 aromatic rings. The van der Waals surface area contributed by atoms with Gasteiger partial charge in [-0.1, -0.05) is 39.7 Å². The van der Waals surface area contributed by atoms with Crippen molar-refractivity contribution >= 4 is 48.5 Å². The molecule has 2 aromatic carbocycles. The number of hydrogen-bond acceptors (Lipinski definition) is 4. The Morgan fingerprint density at radius 3 is 2.62 bits per heavy atom. The molecule has 0 saturated carbocycles. The molecule has 26 heavy (non-hydrogen) atoms. The van der Waals surface area contributed by atoms with Gasteiger partial charge < -0.3 is 4.74 Å². The number of hydrogen-bond donors (Lipinski definition) is 1. The number of nitrogens with one attached hydrogen (secondary N) is 1. The Morgan fingerprint density at radius 2 is 1.96 bits per heavy atom. The first-order valence-electron chi connectivity index (χ1n) is 7.37. The van der Waals surface area contributed by atoms with Gasteiger partial charge in [-0.05, 0) is 29.8 Å². The maximum Gasteiger partial charge on any atom is 0.243 e. The molecule has 0 bridgehead atoms. The van der Waals surface area contributed by atoms with Crippen molar-refractivity contribution in [3.8, 4) is 5.75 Å². The van der Waals surface area contributed by atoms with Gasteiger partial charge in [0, 0.05) is 17.2 Å². The maximum absolute atomic E-state index is 14.2. The van der Waals surface area contributed by atoms with Crippen LogP contribution in [0.5, 0.6) is 5.75 Å². The zero-order chi connectivity index (χ0) is 18.9. The lowest BCUT2D eigenvalue weighted by molar-refractivity contribution is 0.414. The van der Waals surface area contributed by atoms with Crippen molar-refractivity contribution in [2.45, 2.75) is 11.4 Å². The van der Waals surface area contributed by atoms with E-state index in [-0.39, 0.29) is 27.4 Å². The lowest BCUT2D eigenvalue weighted by atomic mass is 10.2. The molecule has 3 rings (SSSR count). The van der Waals surface area contributed by atoms with Crippen LogP contribution in [0.3, 0.4) is 0 Å². The average molecular weight is 460 g/mol. The fourth-order valence-corrected chi connectivity index (χ4v) is 4.37. The number of halogens is 3. The summed E-state index contributed by atoms with van der Waals surface area (Å²) >= 11 is 9.34. The van der Waals surface area contributed by atoms with Gasteiger partial charge in [0.05, 0.1) is 23.0 Å². The Morgan fingerprint density at radius 1 is 1.27 bits per heavy atom. The number of benzene rings is 2. The Balaban J connectivity index is 1.92. The van der Waals surface area contributed by atoms with Crippen LogP contribution < -0.4 is 9.46 Å². The third-order valence-corrected chi connectivity index (χ3v) is 6.08. The molecule has 0 saturated heterocycles. The van der Waals surface area contributed by atoms with Crippen LogP contribution in [0.4, 0.5) is 4.39 Å². The Kier molecular flexibility index (Phi) is 5.47. The molecular weight excluding hydrogens is 447 g/mol. The first-order chi connectivity index (χ1) is 12.3. The molecule has 0 amide bonds. The van der Waals surface area contributed by atoms with Crippen molar-refractivity contribution in [2.24, 2.45) is 0 Å². The second-order valence-corrected chi connectivity index (χ2v) is 8.42. The number of aromatic nitrogens is 1. The van der Waals surface area contributed by atoms with Gasteiger partial charge in [0.25, 0.3) is 0 Å². The summed E-state index contributed by atoms with van der Waals surface area (Å²) in [6, 6.07) is 9.68. The van der Waals surface area contributed by atoms with Crippen LogP contribution >= 0.6 is 27.5 Å². The molecular formula is C17H13BrClFN2O3S. The van der Waals surface area contributed by atoms with E-state index >= 15 is 0 Å². The fourth-order valence-electron chi connectivity index (χ4n) is 2.37. The molecule has 0 unspecified atom stereocenters. The summed E-state index contributed by atoms with van der Waals surface area (Å²) < 4.78 is 47.4. The first-order valence-corrected chi connectivity index (χ1v) is 10.0. The Hall–Kier alpha value is -1.74. The van der Waals surface area contributed by atoms with Gasteiger partial charge in [-0.3, -0.25) is 4.98 Å². The molecule has 9 heteroatoms. The van der Waals surface area contributed by atoms with Crippen molar-refractivity contribution in [3.63, 3.8) is 0 Å². The van der Waals surface area contributed by atoms with E-state index in [1.807, 2.05) is 0 Å². The van der Waals surface area contributed by atoms with Crippen molar-refractivity contribution in [2.75, 3.05) is 7.11 Å². The van der Waals surface area contributed by atoms with E-state index in [2.05, 4.69) is 25.6 Å². The average Bonchev–Trinajstić information content (AvgIpc) is 2.60. The lowest BCUT2D eigenvalue weighted by Crippen LogP contribution is -2.23. The van der Waals surface area contributed by atoms with E-state index in [1.165, 1.54) is 6.07 Å². The monoisotopic (exact) mass is 458 g/mol. The van der Waals surface area contributed by atoms with E-state index in [0.717, 1.165) is 11.8 Å². The van der Waals surface area contributed by atoms with E-state index in [0.29, 0.717) is 10.2 Å². The van der Waals surface area contributed by atoms with Crippen molar-refractivity contribution in [3.05, 3.63) is 63.5 Å². The highest BCUT2D eigenvalue weighted by Gasteiger charge is 2.22. The van der Waals surface area contributed by atoms with Gasteiger partial charge >= 0.3 is 0 Å². The van der Waals surface area contributed by atoms with Crippen molar-refractivity contribution in [1.29, 1.82) is 0 Å². The van der Waals surface area contributed by atoms with Gasteiger partial charge in [-0.15, -0.1) is 0 Å². The summed E-state index contributed by atoms with van der Waals surface area (Å²) in [7, 11) is -2.43. The zero-order valence-electron chi connectivity index (χ0n) is 13.5. The number of ether oxygens (including phenoxy) is 1. The largest absolute Gasteiger partial charge is 0.497 e. The van der Waals surface area contributed by atoms with Gasteiger partial charge in [-0.2, -0.15) is 0 Å². The minimum Gasteiger partial charge on any atom is -0.497 e. The quantitative estimate of drug-likeness (QED) is 0.618. The number of nitrogens with zero attached hydrogens (tertiary/aromatic N) is 1. The van der Waals surface area contributed by atoms with Gasteiger partial charge in [0.1, 0.15) is 16.5 Å². The topological polar surface area (TPSA) is 68.3 Å². The first kappa shape index (κ1) is 19.0. The highest BCUT2D eigenvalue weighted by molar-refractivity contribution is 9.10. The third kappa shape index (κ3) is 3.83. The van der Waals surface area contributed by atoms with Gasteiger partial charge in [0.2, 0.25) is 10.0 Å². The van der Waals surface area contributed by atoms with Crippen LogP contribution in [0.1, 0.15) is 5.56 Å². The normalized spacial score (nSPS) is 11.7. The van der Waals surface area contributed by atoms with E-state index < -0.39 is 15.8 Å². The summed E-state index contributed by atoms with van der Waals surface area (Å²) in [5.41, 5.74) is 0.991. The maximum atomic E-state index is 14.2. The molecule has 0 aliphatic carbocycles. The van der Waals surface area contributed by atoms with E-state index in [9.17, 15) is 12.8 Å². The highest BCUT2D eigenvalue weighted by atomic mass is 79.9. The number of methoxy groups -OCH3 is 1. The van der Waals surface area contributed by atoms with E-state index in [1.54, 1.807) is 37.4 Å². The minimum absolute atomic E-state index is 0.0396. The minimum atomic E-state index is -3.98. The SMILES string of the molecule is COc1ccc(CNS(=O)(=O)c2cnc3cc(Br)cc(F)c3c2Cl)cc1. The van der Waals surface area contributed by atoms with Crippen LogP contribution in [0.2, 0.25) is 5.02 Å². The summed E-state index contributed by atoms with van der Waals surface area (Å²) in [6.45, 7) is 0.0452. The molecule has 0 aliphatic heterocycles. The summed E-state index contributed by atoms with van der Waals surface area (Å²) in [6.07, 6.45) is 1.12. The standard InChI is InChI=1S/C17H13BrClFN2O3S/c1-25-12-4-2-10(3-5-12)8-22-26(23,24)15-9-21-14-7-11(18)6-13(20)16(14)17(15)19/h2-7,9,22H,8H2,1H3. The van der Waals surface area contributed by atoms with Crippen molar-refractivity contribution < 1.29 is 17.5 Å². The molecule has 0 atom stereocenters. The number of sulfonamides is 1. The zero-order valence-corrected chi connectivity index (χ0v) is 16.6. The van der Waals surface area contributed by atoms with Crippen LogP contribution in [0, 0.1) is 5.82 Å². The highest BCUT2D eigenvalue weighted by Crippen LogP contribution is 2.32. The molecule has 1 N–H and O–H groups in total. The molecule has 1 aromatic heterocycles. The molecule has 0 fully saturated rings. The number of rotatable bonds is 5. The van der Waals surface area contributed by atoms with Crippen LogP contribution in [0.15, 0.2) is 52.0 Å². The van der Waals surface area contributed by atoms with Crippen molar-refractivity contribution in [1.82, 2.24) is 9.71 Å². The van der Waals surface area contributed by atoms with Gasteiger partial charge in [0.15, 0.2) is 0 Å². The number of fused-ring (bicyclic) bond motifs is 1.